The van der Waals surface area contributed by atoms with Crippen LogP contribution in [0.3, 0.4) is 0 Å². The Morgan fingerprint density at radius 3 is 2.61 bits per heavy atom. The summed E-state index contributed by atoms with van der Waals surface area (Å²) in [5.41, 5.74) is -1.21. The van der Waals surface area contributed by atoms with Crippen molar-refractivity contribution >= 4 is 17.0 Å². The van der Waals surface area contributed by atoms with Gasteiger partial charge in [-0.15, -0.1) is 0 Å². The lowest BCUT2D eigenvalue weighted by atomic mass is 10.0. The molecule has 148 valence electrons. The van der Waals surface area contributed by atoms with Crippen LogP contribution >= 0.6 is 0 Å². The van der Waals surface area contributed by atoms with E-state index in [1.54, 1.807) is 20.8 Å². The van der Waals surface area contributed by atoms with Gasteiger partial charge in [0.15, 0.2) is 17.3 Å². The summed E-state index contributed by atoms with van der Waals surface area (Å²) in [6.45, 7) is 5.08. The molecular formula is C19H20F2N4O3. The second-order valence-corrected chi connectivity index (χ2v) is 7.04. The van der Waals surface area contributed by atoms with E-state index in [2.05, 4.69) is 15.3 Å². The van der Waals surface area contributed by atoms with Gasteiger partial charge in [-0.2, -0.15) is 4.98 Å². The molecule has 0 saturated heterocycles. The van der Waals surface area contributed by atoms with Crippen molar-refractivity contribution in [3.63, 3.8) is 0 Å². The van der Waals surface area contributed by atoms with E-state index in [1.807, 2.05) is 0 Å². The molecule has 2 N–H and O–H groups in total. The number of halogens is 2. The number of ether oxygens (including phenoxy) is 1. The molecule has 3 aromatic rings. The largest absolute Gasteiger partial charge is 0.448 e. The third-order valence-corrected chi connectivity index (χ3v) is 4.43. The third-order valence-electron chi connectivity index (χ3n) is 4.43. The van der Waals surface area contributed by atoms with Crippen LogP contribution in [0.15, 0.2) is 35.3 Å². The van der Waals surface area contributed by atoms with Gasteiger partial charge in [0.05, 0.1) is 11.6 Å². The summed E-state index contributed by atoms with van der Waals surface area (Å²) < 4.78 is 33.5. The fourth-order valence-electron chi connectivity index (χ4n) is 2.41. The second kappa shape index (κ2) is 7.16. The maximum atomic E-state index is 13.8. The van der Waals surface area contributed by atoms with Gasteiger partial charge in [0.2, 0.25) is 5.95 Å². The van der Waals surface area contributed by atoms with Crippen molar-refractivity contribution in [1.29, 1.82) is 0 Å². The smallest absolute Gasteiger partial charge is 0.294 e. The summed E-state index contributed by atoms with van der Waals surface area (Å²) >= 11 is 0. The van der Waals surface area contributed by atoms with E-state index in [0.29, 0.717) is 17.1 Å². The number of nitrogens with one attached hydrogen (secondary N) is 1. The standard InChI is InChI=1S/C19H20F2N4O3/c1-10(19(2,3)27)23-18-22-9-11-7-15(17(26)25(4)16(11)24-18)28-14-6-5-12(20)8-13(14)21/h5-10,27H,1-4H3,(H,22,23,24)/t10-/m1/s1. The van der Waals surface area contributed by atoms with Crippen LogP contribution in [-0.2, 0) is 7.05 Å². The van der Waals surface area contributed by atoms with Gasteiger partial charge < -0.3 is 15.2 Å². The van der Waals surface area contributed by atoms with Crippen molar-refractivity contribution in [2.75, 3.05) is 5.32 Å². The van der Waals surface area contributed by atoms with Crippen molar-refractivity contribution in [2.24, 2.45) is 7.05 Å². The number of anilines is 1. The number of hydrogen-bond donors (Lipinski definition) is 2. The molecule has 2 heterocycles. The summed E-state index contributed by atoms with van der Waals surface area (Å²) in [6.07, 6.45) is 1.48. The number of aryl methyl sites for hydroxylation is 1. The molecule has 0 aliphatic rings. The highest BCUT2D eigenvalue weighted by Crippen LogP contribution is 2.25. The van der Waals surface area contributed by atoms with Gasteiger partial charge >= 0.3 is 0 Å². The first-order valence-electron chi connectivity index (χ1n) is 8.55. The number of rotatable bonds is 5. The lowest BCUT2D eigenvalue weighted by Gasteiger charge is -2.26. The zero-order valence-corrected chi connectivity index (χ0v) is 15.8. The van der Waals surface area contributed by atoms with E-state index in [-0.39, 0.29) is 23.5 Å². The topological polar surface area (TPSA) is 89.3 Å². The molecule has 1 aromatic carbocycles. The van der Waals surface area contributed by atoms with E-state index in [1.165, 1.54) is 23.9 Å². The lowest BCUT2D eigenvalue weighted by Crippen LogP contribution is -2.39. The molecule has 0 amide bonds. The van der Waals surface area contributed by atoms with E-state index in [4.69, 9.17) is 4.74 Å². The van der Waals surface area contributed by atoms with Crippen molar-refractivity contribution < 1.29 is 18.6 Å². The van der Waals surface area contributed by atoms with Crippen LogP contribution in [0, 0.1) is 11.6 Å². The molecule has 3 rings (SSSR count). The zero-order chi connectivity index (χ0) is 20.6. The van der Waals surface area contributed by atoms with Crippen molar-refractivity contribution in [3.8, 4) is 11.5 Å². The highest BCUT2D eigenvalue weighted by molar-refractivity contribution is 5.76. The first kappa shape index (κ1) is 19.7. The summed E-state index contributed by atoms with van der Waals surface area (Å²) in [5, 5.41) is 13.5. The fourth-order valence-corrected chi connectivity index (χ4v) is 2.41. The maximum Gasteiger partial charge on any atom is 0.294 e. The Bertz CT molecular complexity index is 1090. The van der Waals surface area contributed by atoms with Crippen molar-refractivity contribution in [2.45, 2.75) is 32.4 Å². The summed E-state index contributed by atoms with van der Waals surface area (Å²) in [6, 6.07) is 3.87. The maximum absolute atomic E-state index is 13.8. The zero-order valence-electron chi connectivity index (χ0n) is 15.8. The predicted molar refractivity (Wildman–Crippen MR) is 101 cm³/mol. The highest BCUT2D eigenvalue weighted by atomic mass is 19.1. The van der Waals surface area contributed by atoms with Crippen LogP contribution in [0.5, 0.6) is 11.5 Å². The molecule has 2 aromatic heterocycles. The molecule has 0 aliphatic carbocycles. The van der Waals surface area contributed by atoms with Crippen molar-refractivity contribution in [3.05, 3.63) is 52.5 Å². The van der Waals surface area contributed by atoms with Crippen LogP contribution in [-0.4, -0.2) is 31.3 Å². The Hall–Kier alpha value is -3.07. The number of aromatic nitrogens is 3. The van der Waals surface area contributed by atoms with Crippen LogP contribution in [0.25, 0.3) is 11.0 Å². The third kappa shape index (κ3) is 3.94. The number of pyridine rings is 1. The number of fused-ring (bicyclic) bond motifs is 1. The fraction of sp³-hybridized carbons (Fsp3) is 0.316. The van der Waals surface area contributed by atoms with Crippen LogP contribution < -0.4 is 15.6 Å². The quantitative estimate of drug-likeness (QED) is 0.696. The minimum Gasteiger partial charge on any atom is -0.448 e. The SMILES string of the molecule is C[C@@H](Nc1ncc2cc(Oc3ccc(F)cc3F)c(=O)n(C)c2n1)C(C)(C)O. The van der Waals surface area contributed by atoms with Gasteiger partial charge in [-0.25, -0.2) is 13.8 Å². The molecule has 7 nitrogen and oxygen atoms in total. The Labute approximate surface area is 159 Å². The van der Waals surface area contributed by atoms with Gasteiger partial charge in [-0.05, 0) is 39.0 Å². The van der Waals surface area contributed by atoms with Gasteiger partial charge in [0, 0.05) is 24.7 Å². The Balaban J connectivity index is 1.99. The van der Waals surface area contributed by atoms with Gasteiger partial charge in [-0.1, -0.05) is 0 Å². The Morgan fingerprint density at radius 2 is 1.96 bits per heavy atom. The molecule has 9 heteroatoms. The number of hydrogen-bond acceptors (Lipinski definition) is 6. The molecule has 0 bridgehead atoms. The molecule has 28 heavy (non-hydrogen) atoms. The highest BCUT2D eigenvalue weighted by Gasteiger charge is 2.23. The number of aliphatic hydroxyl groups is 1. The van der Waals surface area contributed by atoms with Crippen LogP contribution in [0.1, 0.15) is 20.8 Å². The monoisotopic (exact) mass is 390 g/mol. The number of nitrogens with zero attached hydrogens (tertiary/aromatic N) is 3. The average molecular weight is 390 g/mol. The van der Waals surface area contributed by atoms with Crippen molar-refractivity contribution in [1.82, 2.24) is 14.5 Å². The van der Waals surface area contributed by atoms with E-state index < -0.39 is 22.8 Å². The number of benzene rings is 1. The summed E-state index contributed by atoms with van der Waals surface area (Å²) in [7, 11) is 1.49. The first-order valence-corrected chi connectivity index (χ1v) is 8.55. The van der Waals surface area contributed by atoms with Crippen LogP contribution in [0.2, 0.25) is 0 Å². The predicted octanol–water partition coefficient (Wildman–Crippen LogP) is 2.97. The average Bonchev–Trinajstić information content (AvgIpc) is 2.61. The minimum absolute atomic E-state index is 0.144. The molecule has 0 spiro atoms. The molecule has 0 aliphatic heterocycles. The minimum atomic E-state index is -0.999. The van der Waals surface area contributed by atoms with E-state index >= 15 is 0 Å². The summed E-state index contributed by atoms with van der Waals surface area (Å²) in [4.78, 5) is 21.1. The molecule has 0 saturated carbocycles. The van der Waals surface area contributed by atoms with E-state index in [0.717, 1.165) is 12.1 Å². The first-order chi connectivity index (χ1) is 13.1. The molecule has 0 fully saturated rings. The van der Waals surface area contributed by atoms with Gasteiger partial charge in [0.25, 0.3) is 5.56 Å². The molecule has 0 unspecified atom stereocenters. The summed E-state index contributed by atoms with van der Waals surface area (Å²) in [5.74, 6) is -1.83. The molecule has 1 atom stereocenters. The lowest BCUT2D eigenvalue weighted by molar-refractivity contribution is 0.0646. The molecule has 0 radical (unpaired) electrons. The Morgan fingerprint density at radius 1 is 1.25 bits per heavy atom. The Kier molecular flexibility index (Phi) is 5.03. The van der Waals surface area contributed by atoms with E-state index in [9.17, 15) is 18.7 Å². The normalized spacial score (nSPS) is 12.8. The molecular weight excluding hydrogens is 370 g/mol. The van der Waals surface area contributed by atoms with Crippen LogP contribution in [0.4, 0.5) is 14.7 Å². The van der Waals surface area contributed by atoms with Gasteiger partial charge in [0.1, 0.15) is 11.5 Å². The van der Waals surface area contributed by atoms with Gasteiger partial charge in [-0.3, -0.25) is 9.36 Å². The second-order valence-electron chi connectivity index (χ2n) is 7.04.